The van der Waals surface area contributed by atoms with Crippen LogP contribution in [0.25, 0.3) is 0 Å². The molecule has 1 aliphatic heterocycles. The molecule has 3 rings (SSSR count). The standard InChI is InChI=1S/C22H28ClN3O3/c1-3-13-28-19-7-5-17(15-20(19)29-14-4-2)22(27)26-11-9-25(10-12-26)21-8-6-18(23)16-24-21/h5-8,15-16H,3-4,9-14H2,1-2H3. The lowest BCUT2D eigenvalue weighted by molar-refractivity contribution is 0.0746. The van der Waals surface area contributed by atoms with Crippen molar-refractivity contribution in [3.8, 4) is 11.5 Å². The Balaban J connectivity index is 1.66. The lowest BCUT2D eigenvalue weighted by Gasteiger charge is -2.35. The Hall–Kier alpha value is -2.47. The Kier molecular flexibility index (Phi) is 7.58. The molecule has 0 atom stereocenters. The van der Waals surface area contributed by atoms with Crippen LogP contribution in [0.15, 0.2) is 36.5 Å². The highest BCUT2D eigenvalue weighted by molar-refractivity contribution is 6.30. The Morgan fingerprint density at radius 2 is 1.69 bits per heavy atom. The fraction of sp³-hybridized carbons (Fsp3) is 0.455. The van der Waals surface area contributed by atoms with E-state index in [1.165, 1.54) is 0 Å². The summed E-state index contributed by atoms with van der Waals surface area (Å²) < 4.78 is 11.6. The number of nitrogens with zero attached hydrogens (tertiary/aromatic N) is 3. The lowest BCUT2D eigenvalue weighted by Crippen LogP contribution is -2.49. The summed E-state index contributed by atoms with van der Waals surface area (Å²) >= 11 is 5.91. The minimum atomic E-state index is 0.0112. The van der Waals surface area contributed by atoms with Crippen LogP contribution in [0, 0.1) is 0 Å². The maximum absolute atomic E-state index is 13.0. The number of aromatic nitrogens is 1. The Labute approximate surface area is 177 Å². The molecule has 156 valence electrons. The van der Waals surface area contributed by atoms with E-state index >= 15 is 0 Å². The molecule has 0 unspecified atom stereocenters. The second-order valence-corrected chi connectivity index (χ2v) is 7.41. The van der Waals surface area contributed by atoms with Gasteiger partial charge in [0.15, 0.2) is 11.5 Å². The first kappa shape index (κ1) is 21.2. The molecule has 0 bridgehead atoms. The molecule has 1 saturated heterocycles. The van der Waals surface area contributed by atoms with Crippen LogP contribution in [-0.4, -0.2) is 55.2 Å². The second-order valence-electron chi connectivity index (χ2n) is 6.97. The predicted molar refractivity (Wildman–Crippen MR) is 115 cm³/mol. The fourth-order valence-electron chi connectivity index (χ4n) is 3.17. The number of piperazine rings is 1. The molecule has 0 radical (unpaired) electrons. The average Bonchev–Trinajstić information content (AvgIpc) is 2.76. The van der Waals surface area contributed by atoms with Crippen molar-refractivity contribution >= 4 is 23.3 Å². The van der Waals surface area contributed by atoms with Gasteiger partial charge in [-0.1, -0.05) is 25.4 Å². The van der Waals surface area contributed by atoms with Crippen molar-refractivity contribution in [1.82, 2.24) is 9.88 Å². The minimum Gasteiger partial charge on any atom is -0.490 e. The molecule has 7 heteroatoms. The molecule has 0 N–H and O–H groups in total. The zero-order valence-electron chi connectivity index (χ0n) is 17.1. The van der Waals surface area contributed by atoms with Gasteiger partial charge in [0.2, 0.25) is 0 Å². The lowest BCUT2D eigenvalue weighted by atomic mass is 10.1. The maximum atomic E-state index is 13.0. The smallest absolute Gasteiger partial charge is 0.254 e. The monoisotopic (exact) mass is 417 g/mol. The zero-order valence-corrected chi connectivity index (χ0v) is 17.8. The summed E-state index contributed by atoms with van der Waals surface area (Å²) in [6.45, 7) is 8.07. The molecular formula is C22H28ClN3O3. The quantitative estimate of drug-likeness (QED) is 0.641. The number of carbonyl (C=O) groups is 1. The van der Waals surface area contributed by atoms with Crippen LogP contribution >= 0.6 is 11.6 Å². The molecule has 1 amide bonds. The Morgan fingerprint density at radius 1 is 1.00 bits per heavy atom. The second kappa shape index (κ2) is 10.3. The van der Waals surface area contributed by atoms with Gasteiger partial charge in [0.1, 0.15) is 5.82 Å². The van der Waals surface area contributed by atoms with Gasteiger partial charge in [0, 0.05) is 37.9 Å². The van der Waals surface area contributed by atoms with Gasteiger partial charge in [-0.3, -0.25) is 4.79 Å². The highest BCUT2D eigenvalue weighted by atomic mass is 35.5. The molecule has 1 aromatic heterocycles. The van der Waals surface area contributed by atoms with Crippen molar-refractivity contribution in [2.45, 2.75) is 26.7 Å². The summed E-state index contributed by atoms with van der Waals surface area (Å²) in [5.74, 6) is 2.22. The predicted octanol–water partition coefficient (Wildman–Crippen LogP) is 4.28. The van der Waals surface area contributed by atoms with Crippen molar-refractivity contribution in [1.29, 1.82) is 0 Å². The van der Waals surface area contributed by atoms with Crippen LogP contribution in [-0.2, 0) is 0 Å². The first-order chi connectivity index (χ1) is 14.1. The summed E-state index contributed by atoms with van der Waals surface area (Å²) in [6.07, 6.45) is 3.46. The molecule has 0 spiro atoms. The molecule has 1 fully saturated rings. The molecule has 6 nitrogen and oxygen atoms in total. The summed E-state index contributed by atoms with van der Waals surface area (Å²) in [7, 11) is 0. The molecule has 1 aromatic carbocycles. The summed E-state index contributed by atoms with van der Waals surface area (Å²) in [4.78, 5) is 21.4. The first-order valence-electron chi connectivity index (χ1n) is 10.2. The number of pyridine rings is 1. The SMILES string of the molecule is CCCOc1ccc(C(=O)N2CCN(c3ccc(Cl)cn3)CC2)cc1OCCC. The van der Waals surface area contributed by atoms with E-state index in [1.54, 1.807) is 12.3 Å². The van der Waals surface area contributed by atoms with E-state index < -0.39 is 0 Å². The largest absolute Gasteiger partial charge is 0.490 e. The number of ether oxygens (including phenoxy) is 2. The number of rotatable bonds is 8. The van der Waals surface area contributed by atoms with Crippen molar-refractivity contribution in [2.24, 2.45) is 0 Å². The number of hydrogen-bond acceptors (Lipinski definition) is 5. The average molecular weight is 418 g/mol. The van der Waals surface area contributed by atoms with Crippen molar-refractivity contribution < 1.29 is 14.3 Å². The fourth-order valence-corrected chi connectivity index (χ4v) is 3.29. The van der Waals surface area contributed by atoms with Crippen LogP contribution in [0.4, 0.5) is 5.82 Å². The van der Waals surface area contributed by atoms with Crippen LogP contribution in [0.1, 0.15) is 37.0 Å². The van der Waals surface area contributed by atoms with Gasteiger partial charge >= 0.3 is 0 Å². The van der Waals surface area contributed by atoms with Crippen LogP contribution in [0.2, 0.25) is 5.02 Å². The van der Waals surface area contributed by atoms with Gasteiger partial charge < -0.3 is 19.3 Å². The Morgan fingerprint density at radius 3 is 2.31 bits per heavy atom. The third-order valence-corrected chi connectivity index (χ3v) is 4.94. The third-order valence-electron chi connectivity index (χ3n) is 4.72. The molecule has 2 heterocycles. The highest BCUT2D eigenvalue weighted by Gasteiger charge is 2.23. The van der Waals surface area contributed by atoms with Crippen LogP contribution < -0.4 is 14.4 Å². The maximum Gasteiger partial charge on any atom is 0.254 e. The summed E-state index contributed by atoms with van der Waals surface area (Å²) in [5.41, 5.74) is 0.623. The molecule has 0 aliphatic carbocycles. The normalized spacial score (nSPS) is 14.0. The molecule has 1 aliphatic rings. The van der Waals surface area contributed by atoms with Gasteiger partial charge in [0.25, 0.3) is 5.91 Å². The van der Waals surface area contributed by atoms with E-state index in [4.69, 9.17) is 21.1 Å². The van der Waals surface area contributed by atoms with Crippen LogP contribution in [0.5, 0.6) is 11.5 Å². The molecule has 29 heavy (non-hydrogen) atoms. The Bertz CT molecular complexity index is 805. The van der Waals surface area contributed by atoms with Gasteiger partial charge in [-0.15, -0.1) is 0 Å². The van der Waals surface area contributed by atoms with E-state index in [9.17, 15) is 4.79 Å². The van der Waals surface area contributed by atoms with Crippen molar-refractivity contribution in [2.75, 3.05) is 44.3 Å². The van der Waals surface area contributed by atoms with E-state index in [1.807, 2.05) is 29.2 Å². The first-order valence-corrected chi connectivity index (χ1v) is 10.6. The van der Waals surface area contributed by atoms with E-state index in [0.29, 0.717) is 48.4 Å². The number of amides is 1. The van der Waals surface area contributed by atoms with Crippen LogP contribution in [0.3, 0.4) is 0 Å². The van der Waals surface area contributed by atoms with E-state index in [-0.39, 0.29) is 5.91 Å². The number of hydrogen-bond donors (Lipinski definition) is 0. The summed E-state index contributed by atoms with van der Waals surface area (Å²) in [5, 5.41) is 0.620. The number of halogens is 1. The van der Waals surface area contributed by atoms with Gasteiger partial charge in [-0.2, -0.15) is 0 Å². The molecule has 2 aromatic rings. The third kappa shape index (κ3) is 5.54. The molecular weight excluding hydrogens is 390 g/mol. The number of anilines is 1. The van der Waals surface area contributed by atoms with Gasteiger partial charge in [-0.05, 0) is 43.2 Å². The number of carbonyl (C=O) groups excluding carboxylic acids is 1. The topological polar surface area (TPSA) is 54.9 Å². The highest BCUT2D eigenvalue weighted by Crippen LogP contribution is 2.29. The van der Waals surface area contributed by atoms with Gasteiger partial charge in [-0.25, -0.2) is 4.98 Å². The zero-order chi connectivity index (χ0) is 20.6. The van der Waals surface area contributed by atoms with E-state index in [2.05, 4.69) is 23.7 Å². The number of benzene rings is 1. The minimum absolute atomic E-state index is 0.0112. The molecule has 0 saturated carbocycles. The van der Waals surface area contributed by atoms with Crippen molar-refractivity contribution in [3.05, 3.63) is 47.1 Å². The van der Waals surface area contributed by atoms with Crippen molar-refractivity contribution in [3.63, 3.8) is 0 Å². The van der Waals surface area contributed by atoms with Gasteiger partial charge in [0.05, 0.1) is 18.2 Å². The van der Waals surface area contributed by atoms with E-state index in [0.717, 1.165) is 31.7 Å². The summed E-state index contributed by atoms with van der Waals surface area (Å²) in [6, 6.07) is 9.20.